The van der Waals surface area contributed by atoms with Gasteiger partial charge in [0.15, 0.2) is 0 Å². The third kappa shape index (κ3) is 4.96. The molecule has 2 aromatic carbocycles. The van der Waals surface area contributed by atoms with Crippen LogP contribution in [-0.4, -0.2) is 44.7 Å². The van der Waals surface area contributed by atoms with Crippen LogP contribution < -0.4 is 0 Å². The lowest BCUT2D eigenvalue weighted by Gasteiger charge is -2.24. The Morgan fingerprint density at radius 2 is 1.96 bits per heavy atom. The Hall–Kier alpha value is -2.18. The van der Waals surface area contributed by atoms with Gasteiger partial charge < -0.3 is 4.90 Å². The van der Waals surface area contributed by atoms with Gasteiger partial charge in [0, 0.05) is 12.5 Å². The van der Waals surface area contributed by atoms with Gasteiger partial charge in [-0.25, -0.2) is 0 Å². The van der Waals surface area contributed by atoms with Crippen LogP contribution in [0.25, 0.3) is 10.8 Å². The van der Waals surface area contributed by atoms with Crippen molar-refractivity contribution in [2.45, 2.75) is 25.3 Å². The number of carbonyl (C=O) groups is 1. The standard InChI is InChI=1S/C21H25NO4S/c1-3-6-19-14-20(15-26-27(2,24)25)22(21(19)23)12-11-16-9-10-17-7-4-5-8-18(17)13-16/h3-5,7-10,13,19-20H,1,6,11-12,14-15H2,2H3/t19-,20+/m1/s1. The molecule has 0 unspecified atom stereocenters. The van der Waals surface area contributed by atoms with Crippen LogP contribution in [0.15, 0.2) is 55.1 Å². The molecule has 6 heteroatoms. The molecule has 0 saturated carbocycles. The van der Waals surface area contributed by atoms with Crippen molar-refractivity contribution in [3.05, 3.63) is 60.7 Å². The summed E-state index contributed by atoms with van der Waals surface area (Å²) in [7, 11) is -3.53. The van der Waals surface area contributed by atoms with Gasteiger partial charge in [0.1, 0.15) is 0 Å². The number of hydrogen-bond acceptors (Lipinski definition) is 4. The molecule has 0 N–H and O–H groups in total. The number of carbonyl (C=O) groups excluding carboxylic acids is 1. The zero-order chi connectivity index (χ0) is 19.4. The summed E-state index contributed by atoms with van der Waals surface area (Å²) in [6.45, 7) is 4.27. The lowest BCUT2D eigenvalue weighted by molar-refractivity contribution is -0.132. The Labute approximate surface area is 160 Å². The van der Waals surface area contributed by atoms with Gasteiger partial charge in [-0.3, -0.25) is 8.98 Å². The minimum Gasteiger partial charge on any atom is -0.337 e. The summed E-state index contributed by atoms with van der Waals surface area (Å²) < 4.78 is 27.7. The Morgan fingerprint density at radius 1 is 1.22 bits per heavy atom. The van der Waals surface area contributed by atoms with Crippen molar-refractivity contribution < 1.29 is 17.4 Å². The second kappa shape index (κ2) is 8.23. The van der Waals surface area contributed by atoms with Gasteiger partial charge >= 0.3 is 0 Å². The zero-order valence-electron chi connectivity index (χ0n) is 15.5. The summed E-state index contributed by atoms with van der Waals surface area (Å²) in [5, 5.41) is 2.35. The average molecular weight is 388 g/mol. The smallest absolute Gasteiger partial charge is 0.264 e. The number of hydrogen-bond donors (Lipinski definition) is 0. The van der Waals surface area contributed by atoms with Crippen LogP contribution in [0.3, 0.4) is 0 Å². The fourth-order valence-corrected chi connectivity index (χ4v) is 4.07. The molecule has 27 heavy (non-hydrogen) atoms. The molecule has 0 aromatic heterocycles. The van der Waals surface area contributed by atoms with E-state index in [0.29, 0.717) is 25.8 Å². The van der Waals surface area contributed by atoms with Crippen molar-refractivity contribution in [3.63, 3.8) is 0 Å². The van der Waals surface area contributed by atoms with E-state index in [1.54, 1.807) is 11.0 Å². The molecule has 144 valence electrons. The highest BCUT2D eigenvalue weighted by molar-refractivity contribution is 7.85. The molecule has 1 saturated heterocycles. The molecule has 0 radical (unpaired) electrons. The molecule has 0 aliphatic carbocycles. The van der Waals surface area contributed by atoms with Gasteiger partial charge in [-0.05, 0) is 35.6 Å². The molecule has 2 aromatic rings. The van der Waals surface area contributed by atoms with Gasteiger partial charge in [0.2, 0.25) is 5.91 Å². The van der Waals surface area contributed by atoms with Crippen molar-refractivity contribution in [2.75, 3.05) is 19.4 Å². The van der Waals surface area contributed by atoms with Crippen LogP contribution in [0.2, 0.25) is 0 Å². The van der Waals surface area contributed by atoms with Crippen LogP contribution >= 0.6 is 0 Å². The second-order valence-electron chi connectivity index (χ2n) is 7.06. The van der Waals surface area contributed by atoms with Gasteiger partial charge in [0.05, 0.1) is 18.9 Å². The summed E-state index contributed by atoms with van der Waals surface area (Å²) in [5.41, 5.74) is 1.15. The molecule has 0 spiro atoms. The number of amides is 1. The third-order valence-electron chi connectivity index (χ3n) is 5.01. The first kappa shape index (κ1) is 19.6. The van der Waals surface area contributed by atoms with E-state index in [9.17, 15) is 13.2 Å². The molecule has 1 amide bonds. The van der Waals surface area contributed by atoms with E-state index in [1.807, 2.05) is 12.1 Å². The van der Waals surface area contributed by atoms with Crippen LogP contribution in [0.1, 0.15) is 18.4 Å². The molecular weight excluding hydrogens is 362 g/mol. The van der Waals surface area contributed by atoms with Gasteiger partial charge in [-0.15, -0.1) is 6.58 Å². The predicted molar refractivity (Wildman–Crippen MR) is 107 cm³/mol. The number of fused-ring (bicyclic) bond motifs is 1. The fourth-order valence-electron chi connectivity index (χ4n) is 3.67. The van der Waals surface area contributed by atoms with E-state index in [1.165, 1.54) is 10.8 Å². The molecular formula is C21H25NO4S. The number of likely N-dealkylation sites (tertiary alicyclic amines) is 1. The molecule has 2 atom stereocenters. The number of benzene rings is 2. The number of rotatable bonds is 8. The third-order valence-corrected chi connectivity index (χ3v) is 5.57. The maximum Gasteiger partial charge on any atom is 0.264 e. The summed E-state index contributed by atoms with van der Waals surface area (Å²) in [6, 6.07) is 14.2. The van der Waals surface area contributed by atoms with E-state index in [4.69, 9.17) is 4.18 Å². The van der Waals surface area contributed by atoms with Crippen molar-refractivity contribution in [1.82, 2.24) is 4.90 Å². The zero-order valence-corrected chi connectivity index (χ0v) is 16.3. The quantitative estimate of drug-likeness (QED) is 0.516. The molecule has 0 bridgehead atoms. The topological polar surface area (TPSA) is 63.7 Å². The summed E-state index contributed by atoms with van der Waals surface area (Å²) in [4.78, 5) is 14.5. The number of allylic oxidation sites excluding steroid dienone is 1. The van der Waals surface area contributed by atoms with Crippen LogP contribution in [0.4, 0.5) is 0 Å². The first-order valence-electron chi connectivity index (χ1n) is 9.11. The van der Waals surface area contributed by atoms with Gasteiger partial charge in [-0.2, -0.15) is 8.42 Å². The lowest BCUT2D eigenvalue weighted by Crippen LogP contribution is -2.38. The van der Waals surface area contributed by atoms with Crippen LogP contribution in [0, 0.1) is 5.92 Å². The molecule has 1 aliphatic rings. The normalized spacial score (nSPS) is 20.3. The summed E-state index contributed by atoms with van der Waals surface area (Å²) in [6.07, 6.45) is 4.68. The van der Waals surface area contributed by atoms with Gasteiger partial charge in [-0.1, -0.05) is 48.5 Å². The highest BCUT2D eigenvalue weighted by Gasteiger charge is 2.38. The first-order chi connectivity index (χ1) is 12.9. The second-order valence-corrected chi connectivity index (χ2v) is 8.71. The minimum atomic E-state index is -3.53. The Kier molecular flexibility index (Phi) is 5.97. The monoisotopic (exact) mass is 387 g/mol. The van der Waals surface area contributed by atoms with Crippen molar-refractivity contribution in [3.8, 4) is 0 Å². The predicted octanol–water partition coefficient (Wildman–Crippen LogP) is 3.15. The Balaban J connectivity index is 1.71. The van der Waals surface area contributed by atoms with E-state index in [2.05, 4.69) is 36.9 Å². The maximum absolute atomic E-state index is 12.7. The Morgan fingerprint density at radius 3 is 2.67 bits per heavy atom. The number of nitrogens with zero attached hydrogens (tertiary/aromatic N) is 1. The first-order valence-corrected chi connectivity index (χ1v) is 10.9. The fraction of sp³-hybridized carbons (Fsp3) is 0.381. The summed E-state index contributed by atoms with van der Waals surface area (Å²) >= 11 is 0. The largest absolute Gasteiger partial charge is 0.337 e. The highest BCUT2D eigenvalue weighted by atomic mass is 32.2. The van der Waals surface area contributed by atoms with E-state index in [-0.39, 0.29) is 24.5 Å². The van der Waals surface area contributed by atoms with Gasteiger partial charge in [0.25, 0.3) is 10.1 Å². The van der Waals surface area contributed by atoms with Crippen molar-refractivity contribution in [2.24, 2.45) is 5.92 Å². The average Bonchev–Trinajstić information content (AvgIpc) is 2.93. The molecule has 1 fully saturated rings. The maximum atomic E-state index is 12.7. The lowest BCUT2D eigenvalue weighted by atomic mass is 10.0. The van der Waals surface area contributed by atoms with Crippen molar-refractivity contribution >= 4 is 26.8 Å². The van der Waals surface area contributed by atoms with Crippen LogP contribution in [0.5, 0.6) is 0 Å². The van der Waals surface area contributed by atoms with Crippen molar-refractivity contribution in [1.29, 1.82) is 0 Å². The molecule has 5 nitrogen and oxygen atoms in total. The SMILES string of the molecule is C=CC[C@@H]1C[C@@H](COS(C)(=O)=O)N(CCc2ccc3ccccc3c2)C1=O. The van der Waals surface area contributed by atoms with E-state index in [0.717, 1.165) is 11.8 Å². The van der Waals surface area contributed by atoms with Crippen LogP contribution in [-0.2, 0) is 25.5 Å². The highest BCUT2D eigenvalue weighted by Crippen LogP contribution is 2.28. The van der Waals surface area contributed by atoms with E-state index >= 15 is 0 Å². The van der Waals surface area contributed by atoms with E-state index < -0.39 is 10.1 Å². The molecule has 1 aliphatic heterocycles. The Bertz CT molecular complexity index is 938. The minimum absolute atomic E-state index is 0.00986. The molecule has 3 rings (SSSR count). The summed E-state index contributed by atoms with van der Waals surface area (Å²) in [5.74, 6) is -0.0925. The molecule has 1 heterocycles.